The molecule has 2 atom stereocenters. The van der Waals surface area contributed by atoms with E-state index in [4.69, 9.17) is 5.73 Å². The van der Waals surface area contributed by atoms with Gasteiger partial charge in [0.15, 0.2) is 0 Å². The van der Waals surface area contributed by atoms with Crippen molar-refractivity contribution in [3.05, 3.63) is 0 Å². The van der Waals surface area contributed by atoms with Gasteiger partial charge >= 0.3 is 0 Å². The molecule has 0 aromatic heterocycles. The number of hydrogen-bond acceptors (Lipinski definition) is 3. The summed E-state index contributed by atoms with van der Waals surface area (Å²) in [5, 5.41) is 2.87. The summed E-state index contributed by atoms with van der Waals surface area (Å²) in [5.74, 6) is 0.0694. The van der Waals surface area contributed by atoms with Crippen LogP contribution in [0.2, 0.25) is 0 Å². The van der Waals surface area contributed by atoms with Gasteiger partial charge < -0.3 is 16.0 Å². The van der Waals surface area contributed by atoms with Crippen LogP contribution in [0.5, 0.6) is 0 Å². The Kier molecular flexibility index (Phi) is 6.12. The average molecular weight is 255 g/mol. The van der Waals surface area contributed by atoms with Gasteiger partial charge in [-0.15, -0.1) is 0 Å². The number of likely N-dealkylation sites (tertiary alicyclic amines) is 1. The molecular weight excluding hydrogens is 230 g/mol. The van der Waals surface area contributed by atoms with Gasteiger partial charge in [0.05, 0.1) is 0 Å². The lowest BCUT2D eigenvalue weighted by Gasteiger charge is -2.24. The maximum absolute atomic E-state index is 12.0. The maximum Gasteiger partial charge on any atom is 0.242 e. The normalized spacial score (nSPS) is 20.8. The van der Waals surface area contributed by atoms with Gasteiger partial charge in [0.25, 0.3) is 0 Å². The maximum atomic E-state index is 12.0. The van der Waals surface area contributed by atoms with Crippen molar-refractivity contribution < 1.29 is 9.59 Å². The second kappa shape index (κ2) is 7.36. The summed E-state index contributed by atoms with van der Waals surface area (Å²) in [5.41, 5.74) is 5.63. The molecule has 1 rings (SSSR count). The number of rotatable bonds is 6. The molecule has 5 heteroatoms. The quantitative estimate of drug-likeness (QED) is 0.731. The molecule has 104 valence electrons. The van der Waals surface area contributed by atoms with Gasteiger partial charge in [0.1, 0.15) is 6.04 Å². The van der Waals surface area contributed by atoms with Crippen molar-refractivity contribution in [2.24, 2.45) is 5.73 Å². The number of carbonyl (C=O) groups excluding carboxylic acids is 2. The third-order valence-electron chi connectivity index (χ3n) is 3.24. The van der Waals surface area contributed by atoms with E-state index in [2.05, 4.69) is 5.32 Å². The largest absolute Gasteiger partial charge is 0.354 e. The molecule has 1 fully saturated rings. The standard InChI is InChI=1S/C13H25N3O2/c1-3-5-12(17)16-9-4-6-11(16)13(18)15-8-7-10(2)14/h10-11H,3-9,14H2,1-2H3,(H,15,18). The lowest BCUT2D eigenvalue weighted by molar-refractivity contribution is -0.138. The summed E-state index contributed by atoms with van der Waals surface area (Å²) in [6, 6.07) is -0.177. The summed E-state index contributed by atoms with van der Waals surface area (Å²) in [7, 11) is 0. The zero-order valence-corrected chi connectivity index (χ0v) is 11.4. The van der Waals surface area contributed by atoms with Crippen LogP contribution in [0, 0.1) is 0 Å². The lowest BCUT2D eigenvalue weighted by atomic mass is 10.2. The number of amides is 2. The molecule has 0 aromatic carbocycles. The van der Waals surface area contributed by atoms with Crippen molar-refractivity contribution in [3.8, 4) is 0 Å². The molecular formula is C13H25N3O2. The second-order valence-corrected chi connectivity index (χ2v) is 5.05. The van der Waals surface area contributed by atoms with E-state index in [1.165, 1.54) is 0 Å². The Hall–Kier alpha value is -1.10. The molecule has 2 amide bonds. The highest BCUT2D eigenvalue weighted by Gasteiger charge is 2.33. The van der Waals surface area contributed by atoms with E-state index in [1.807, 2.05) is 13.8 Å². The highest BCUT2D eigenvalue weighted by Crippen LogP contribution is 2.18. The van der Waals surface area contributed by atoms with Gasteiger partial charge in [-0.3, -0.25) is 9.59 Å². The Morgan fingerprint density at radius 2 is 2.22 bits per heavy atom. The Labute approximate surface area is 109 Å². The average Bonchev–Trinajstić information content (AvgIpc) is 2.77. The highest BCUT2D eigenvalue weighted by atomic mass is 16.2. The van der Waals surface area contributed by atoms with Crippen molar-refractivity contribution in [2.45, 2.75) is 58.0 Å². The molecule has 0 bridgehead atoms. The van der Waals surface area contributed by atoms with Gasteiger partial charge in [-0.25, -0.2) is 0 Å². The summed E-state index contributed by atoms with van der Waals surface area (Å²) >= 11 is 0. The molecule has 0 saturated carbocycles. The van der Waals surface area contributed by atoms with E-state index in [1.54, 1.807) is 4.90 Å². The van der Waals surface area contributed by atoms with Gasteiger partial charge in [-0.05, 0) is 32.6 Å². The number of hydrogen-bond donors (Lipinski definition) is 2. The van der Waals surface area contributed by atoms with Crippen LogP contribution in [0.1, 0.15) is 46.0 Å². The zero-order valence-electron chi connectivity index (χ0n) is 11.4. The molecule has 1 saturated heterocycles. The lowest BCUT2D eigenvalue weighted by Crippen LogP contribution is -2.46. The van der Waals surface area contributed by atoms with Crippen LogP contribution in [0.25, 0.3) is 0 Å². The predicted octanol–water partition coefficient (Wildman–Crippen LogP) is 0.631. The number of carbonyl (C=O) groups is 2. The van der Waals surface area contributed by atoms with Gasteiger partial charge in [0, 0.05) is 25.6 Å². The fourth-order valence-electron chi connectivity index (χ4n) is 2.24. The predicted molar refractivity (Wildman–Crippen MR) is 70.9 cm³/mol. The summed E-state index contributed by atoms with van der Waals surface area (Å²) < 4.78 is 0. The molecule has 5 nitrogen and oxygen atoms in total. The van der Waals surface area contributed by atoms with Crippen LogP contribution in [-0.2, 0) is 9.59 Å². The van der Waals surface area contributed by atoms with Gasteiger partial charge in [-0.2, -0.15) is 0 Å². The van der Waals surface area contributed by atoms with E-state index in [-0.39, 0.29) is 23.9 Å². The fraction of sp³-hybridized carbons (Fsp3) is 0.846. The van der Waals surface area contributed by atoms with Crippen molar-refractivity contribution in [2.75, 3.05) is 13.1 Å². The second-order valence-electron chi connectivity index (χ2n) is 5.05. The first-order valence-electron chi connectivity index (χ1n) is 6.89. The molecule has 2 unspecified atom stereocenters. The first-order chi connectivity index (χ1) is 8.56. The first kappa shape index (κ1) is 15.0. The SMILES string of the molecule is CCCC(=O)N1CCCC1C(=O)NCCC(C)N. The molecule has 0 aliphatic carbocycles. The summed E-state index contributed by atoms with van der Waals surface area (Å²) in [6.45, 7) is 5.19. The van der Waals surface area contributed by atoms with E-state index < -0.39 is 0 Å². The minimum Gasteiger partial charge on any atom is -0.354 e. The smallest absolute Gasteiger partial charge is 0.242 e. The molecule has 0 radical (unpaired) electrons. The molecule has 1 heterocycles. The molecule has 0 spiro atoms. The minimum atomic E-state index is -0.267. The zero-order chi connectivity index (χ0) is 13.5. The number of nitrogens with two attached hydrogens (primary N) is 1. The molecule has 0 aromatic rings. The summed E-state index contributed by atoms with van der Waals surface area (Å²) in [6.07, 6.45) is 3.82. The third-order valence-corrected chi connectivity index (χ3v) is 3.24. The Morgan fingerprint density at radius 3 is 2.83 bits per heavy atom. The third kappa shape index (κ3) is 4.29. The number of nitrogens with zero attached hydrogens (tertiary/aromatic N) is 1. The Balaban J connectivity index is 2.43. The number of nitrogens with one attached hydrogen (secondary N) is 1. The van der Waals surface area contributed by atoms with E-state index in [9.17, 15) is 9.59 Å². The van der Waals surface area contributed by atoms with Crippen LogP contribution in [0.4, 0.5) is 0 Å². The van der Waals surface area contributed by atoms with Crippen molar-refractivity contribution in [1.29, 1.82) is 0 Å². The van der Waals surface area contributed by atoms with Gasteiger partial charge in [0.2, 0.25) is 11.8 Å². The van der Waals surface area contributed by atoms with E-state index in [0.717, 1.165) is 25.7 Å². The fourth-order valence-corrected chi connectivity index (χ4v) is 2.24. The van der Waals surface area contributed by atoms with Crippen molar-refractivity contribution in [3.63, 3.8) is 0 Å². The highest BCUT2D eigenvalue weighted by molar-refractivity contribution is 5.88. The topological polar surface area (TPSA) is 75.4 Å². The first-order valence-corrected chi connectivity index (χ1v) is 6.89. The van der Waals surface area contributed by atoms with E-state index >= 15 is 0 Å². The summed E-state index contributed by atoms with van der Waals surface area (Å²) in [4.78, 5) is 25.6. The molecule has 1 aliphatic heterocycles. The van der Waals surface area contributed by atoms with Crippen LogP contribution in [-0.4, -0.2) is 41.9 Å². The van der Waals surface area contributed by atoms with Crippen LogP contribution in [0.15, 0.2) is 0 Å². The van der Waals surface area contributed by atoms with Gasteiger partial charge in [-0.1, -0.05) is 6.92 Å². The van der Waals surface area contributed by atoms with Crippen LogP contribution >= 0.6 is 0 Å². The Morgan fingerprint density at radius 1 is 1.50 bits per heavy atom. The molecule has 3 N–H and O–H groups in total. The molecule has 18 heavy (non-hydrogen) atoms. The monoisotopic (exact) mass is 255 g/mol. The van der Waals surface area contributed by atoms with Crippen molar-refractivity contribution >= 4 is 11.8 Å². The molecule has 1 aliphatic rings. The van der Waals surface area contributed by atoms with Crippen LogP contribution in [0.3, 0.4) is 0 Å². The Bertz CT molecular complexity index is 292. The minimum absolute atomic E-state index is 0.0300. The van der Waals surface area contributed by atoms with Crippen LogP contribution < -0.4 is 11.1 Å². The van der Waals surface area contributed by atoms with E-state index in [0.29, 0.717) is 19.5 Å². The van der Waals surface area contributed by atoms with Crippen molar-refractivity contribution in [1.82, 2.24) is 10.2 Å².